The number of likely N-dealkylation sites (tertiary alicyclic amines) is 1. The molecule has 26 heavy (non-hydrogen) atoms. The van der Waals surface area contributed by atoms with Crippen molar-refractivity contribution in [2.75, 3.05) is 13.1 Å². The molecule has 4 rings (SSSR count). The van der Waals surface area contributed by atoms with Crippen molar-refractivity contribution >= 4 is 29.7 Å². The number of carbonyl (C=O) groups excluding carboxylic acids is 1. The average Bonchev–Trinajstić information content (AvgIpc) is 3.41. The number of para-hydroxylation sites is 1. The van der Waals surface area contributed by atoms with Gasteiger partial charge in [0.1, 0.15) is 10.7 Å². The fourth-order valence-electron chi connectivity index (χ4n) is 3.15. The molecule has 1 aliphatic rings. The molecule has 1 aliphatic heterocycles. The standard InChI is InChI=1S/C18H19N5OS.ClH/c19-9-15-7-4-8-22(15)18(24)16-12-25-17(21-16)13-10-20-23(11-13)14-5-2-1-3-6-14;/h1-3,5-6,10-12,15H,4,7-9,19H2;1H. The molecular formula is C18H20ClN5OS. The van der Waals surface area contributed by atoms with E-state index in [-0.39, 0.29) is 24.4 Å². The Balaban J connectivity index is 0.00000196. The smallest absolute Gasteiger partial charge is 0.273 e. The third kappa shape index (κ3) is 3.51. The first-order valence-electron chi connectivity index (χ1n) is 8.33. The van der Waals surface area contributed by atoms with E-state index in [0.29, 0.717) is 12.2 Å². The third-order valence-electron chi connectivity index (χ3n) is 4.48. The van der Waals surface area contributed by atoms with Gasteiger partial charge in [-0.15, -0.1) is 23.7 Å². The third-order valence-corrected chi connectivity index (χ3v) is 5.38. The highest BCUT2D eigenvalue weighted by atomic mass is 35.5. The normalized spacial score (nSPS) is 16.5. The van der Waals surface area contributed by atoms with Gasteiger partial charge in [-0.1, -0.05) is 18.2 Å². The summed E-state index contributed by atoms with van der Waals surface area (Å²) in [6.07, 6.45) is 5.69. The fraction of sp³-hybridized carbons (Fsp3) is 0.278. The molecule has 2 N–H and O–H groups in total. The summed E-state index contributed by atoms with van der Waals surface area (Å²) in [5.74, 6) is -0.0223. The maximum Gasteiger partial charge on any atom is 0.273 e. The summed E-state index contributed by atoms with van der Waals surface area (Å²) in [6, 6.07) is 10.0. The molecule has 1 aromatic carbocycles. The molecule has 0 spiro atoms. The number of nitrogens with zero attached hydrogens (tertiary/aromatic N) is 4. The number of rotatable bonds is 4. The van der Waals surface area contributed by atoms with Gasteiger partial charge < -0.3 is 10.6 Å². The minimum absolute atomic E-state index is 0. The quantitative estimate of drug-likeness (QED) is 0.744. The Bertz CT molecular complexity index is 879. The summed E-state index contributed by atoms with van der Waals surface area (Å²) in [5, 5.41) is 7.01. The lowest BCUT2D eigenvalue weighted by atomic mass is 10.2. The number of hydrogen-bond donors (Lipinski definition) is 1. The summed E-state index contributed by atoms with van der Waals surface area (Å²) in [5.41, 5.74) is 8.16. The zero-order valence-corrected chi connectivity index (χ0v) is 15.7. The van der Waals surface area contributed by atoms with Crippen LogP contribution in [0.4, 0.5) is 0 Å². The molecule has 8 heteroatoms. The van der Waals surface area contributed by atoms with Crippen LogP contribution in [0.2, 0.25) is 0 Å². The van der Waals surface area contributed by atoms with E-state index in [4.69, 9.17) is 5.73 Å². The Hall–Kier alpha value is -2.22. The second-order valence-corrected chi connectivity index (χ2v) is 6.94. The van der Waals surface area contributed by atoms with E-state index in [1.165, 1.54) is 11.3 Å². The number of benzene rings is 1. The topological polar surface area (TPSA) is 77.0 Å². The van der Waals surface area contributed by atoms with Gasteiger partial charge in [0, 0.05) is 36.3 Å². The minimum Gasteiger partial charge on any atom is -0.333 e. The first-order chi connectivity index (χ1) is 12.3. The fourth-order valence-corrected chi connectivity index (χ4v) is 3.92. The van der Waals surface area contributed by atoms with E-state index in [0.717, 1.165) is 35.6 Å². The zero-order chi connectivity index (χ0) is 17.2. The van der Waals surface area contributed by atoms with Crippen LogP contribution in [0, 0.1) is 0 Å². The van der Waals surface area contributed by atoms with Crippen LogP contribution in [0.5, 0.6) is 0 Å². The van der Waals surface area contributed by atoms with E-state index in [2.05, 4.69) is 10.1 Å². The number of halogens is 1. The molecule has 1 amide bonds. The van der Waals surface area contributed by atoms with Crippen LogP contribution in [-0.2, 0) is 0 Å². The molecule has 1 unspecified atom stereocenters. The van der Waals surface area contributed by atoms with Gasteiger partial charge in [0.25, 0.3) is 5.91 Å². The Labute approximate surface area is 162 Å². The van der Waals surface area contributed by atoms with Crippen LogP contribution in [-0.4, -0.2) is 44.7 Å². The predicted molar refractivity (Wildman–Crippen MR) is 105 cm³/mol. The SMILES string of the molecule is Cl.NCC1CCCN1C(=O)c1csc(-c2cnn(-c3ccccc3)c2)n1. The maximum atomic E-state index is 12.7. The number of nitrogens with two attached hydrogens (primary N) is 1. The van der Waals surface area contributed by atoms with E-state index < -0.39 is 0 Å². The molecule has 0 radical (unpaired) electrons. The van der Waals surface area contributed by atoms with Gasteiger partial charge >= 0.3 is 0 Å². The van der Waals surface area contributed by atoms with E-state index in [9.17, 15) is 4.79 Å². The van der Waals surface area contributed by atoms with Crippen molar-refractivity contribution in [3.63, 3.8) is 0 Å². The first-order valence-corrected chi connectivity index (χ1v) is 9.21. The molecule has 2 aromatic heterocycles. The molecule has 1 atom stereocenters. The highest BCUT2D eigenvalue weighted by molar-refractivity contribution is 7.13. The number of aromatic nitrogens is 3. The Morgan fingerprint density at radius 2 is 2.12 bits per heavy atom. The van der Waals surface area contributed by atoms with E-state index >= 15 is 0 Å². The molecule has 0 bridgehead atoms. The van der Waals surface area contributed by atoms with Crippen molar-refractivity contribution < 1.29 is 4.79 Å². The Morgan fingerprint density at radius 1 is 1.31 bits per heavy atom. The van der Waals surface area contributed by atoms with Gasteiger partial charge in [-0.05, 0) is 25.0 Å². The van der Waals surface area contributed by atoms with Crippen LogP contribution in [0.25, 0.3) is 16.3 Å². The summed E-state index contributed by atoms with van der Waals surface area (Å²) < 4.78 is 1.81. The van der Waals surface area contributed by atoms with Crippen LogP contribution < -0.4 is 5.73 Å². The predicted octanol–water partition coefficient (Wildman–Crippen LogP) is 2.98. The molecule has 3 heterocycles. The maximum absolute atomic E-state index is 12.7. The number of hydrogen-bond acceptors (Lipinski definition) is 5. The minimum atomic E-state index is -0.0223. The lowest BCUT2D eigenvalue weighted by molar-refractivity contribution is 0.0736. The van der Waals surface area contributed by atoms with Gasteiger partial charge in [-0.25, -0.2) is 9.67 Å². The average molecular weight is 390 g/mol. The largest absolute Gasteiger partial charge is 0.333 e. The lowest BCUT2D eigenvalue weighted by Crippen LogP contribution is -2.40. The second-order valence-electron chi connectivity index (χ2n) is 6.08. The van der Waals surface area contributed by atoms with Gasteiger partial charge in [0.2, 0.25) is 0 Å². The molecule has 1 fully saturated rings. The first kappa shape index (κ1) is 18.6. The van der Waals surface area contributed by atoms with Gasteiger partial charge in [-0.2, -0.15) is 5.10 Å². The van der Waals surface area contributed by atoms with Crippen molar-refractivity contribution in [3.05, 3.63) is 53.8 Å². The Morgan fingerprint density at radius 3 is 2.88 bits per heavy atom. The number of carbonyl (C=O) groups is 1. The molecule has 0 saturated carbocycles. The summed E-state index contributed by atoms with van der Waals surface area (Å²) in [7, 11) is 0. The van der Waals surface area contributed by atoms with E-state index in [1.54, 1.807) is 6.20 Å². The molecular weight excluding hydrogens is 370 g/mol. The Kier molecular flexibility index (Phi) is 5.70. The molecule has 6 nitrogen and oxygen atoms in total. The van der Waals surface area contributed by atoms with Crippen molar-refractivity contribution in [1.29, 1.82) is 0 Å². The summed E-state index contributed by atoms with van der Waals surface area (Å²) in [6.45, 7) is 1.27. The lowest BCUT2D eigenvalue weighted by Gasteiger charge is -2.22. The molecule has 1 saturated heterocycles. The number of amides is 1. The van der Waals surface area contributed by atoms with Crippen molar-refractivity contribution in [2.24, 2.45) is 5.73 Å². The van der Waals surface area contributed by atoms with Crippen LogP contribution in [0.3, 0.4) is 0 Å². The van der Waals surface area contributed by atoms with Crippen LogP contribution in [0.15, 0.2) is 48.1 Å². The summed E-state index contributed by atoms with van der Waals surface area (Å²) in [4.78, 5) is 19.1. The van der Waals surface area contributed by atoms with Crippen LogP contribution in [0.1, 0.15) is 23.3 Å². The second kappa shape index (κ2) is 7.99. The van der Waals surface area contributed by atoms with Crippen molar-refractivity contribution in [3.8, 4) is 16.3 Å². The van der Waals surface area contributed by atoms with E-state index in [1.807, 2.05) is 51.5 Å². The van der Waals surface area contributed by atoms with Gasteiger partial charge in [-0.3, -0.25) is 4.79 Å². The molecule has 0 aliphatic carbocycles. The van der Waals surface area contributed by atoms with Gasteiger partial charge in [0.15, 0.2) is 0 Å². The highest BCUT2D eigenvalue weighted by Crippen LogP contribution is 2.26. The molecule has 3 aromatic rings. The monoisotopic (exact) mass is 389 g/mol. The van der Waals surface area contributed by atoms with Crippen molar-refractivity contribution in [2.45, 2.75) is 18.9 Å². The van der Waals surface area contributed by atoms with Gasteiger partial charge in [0.05, 0.1) is 11.9 Å². The zero-order valence-electron chi connectivity index (χ0n) is 14.1. The molecule has 136 valence electrons. The van der Waals surface area contributed by atoms with Crippen LogP contribution >= 0.6 is 23.7 Å². The summed E-state index contributed by atoms with van der Waals surface area (Å²) >= 11 is 1.46. The van der Waals surface area contributed by atoms with Crippen molar-refractivity contribution in [1.82, 2.24) is 19.7 Å². The highest BCUT2D eigenvalue weighted by Gasteiger charge is 2.29. The number of thiazole rings is 1.